The number of hydrogen-bond acceptors (Lipinski definition) is 6. The van der Waals surface area contributed by atoms with Crippen LogP contribution in [0.15, 0.2) is 79.4 Å². The summed E-state index contributed by atoms with van der Waals surface area (Å²) in [6, 6.07) is 22.7. The maximum absolute atomic E-state index is 11.8. The smallest absolute Gasteiger partial charge is 0.333 e. The van der Waals surface area contributed by atoms with Gasteiger partial charge in [0.1, 0.15) is 0 Å². The Balaban J connectivity index is 0. The van der Waals surface area contributed by atoms with Crippen molar-refractivity contribution in [1.82, 2.24) is 0 Å². The third kappa shape index (κ3) is 29.9. The van der Waals surface area contributed by atoms with Gasteiger partial charge in [-0.1, -0.05) is 101 Å². The minimum absolute atomic E-state index is 0.0828. The van der Waals surface area contributed by atoms with Gasteiger partial charge in [-0.2, -0.15) is 0 Å². The van der Waals surface area contributed by atoms with Gasteiger partial charge in [0, 0.05) is 5.57 Å². The lowest BCUT2D eigenvalue weighted by molar-refractivity contribution is -0.154. The van der Waals surface area contributed by atoms with Crippen molar-refractivity contribution in [3.8, 4) is 0 Å². The van der Waals surface area contributed by atoms with E-state index in [9.17, 15) is 9.59 Å². The number of benzene rings is 2. The molecule has 1 unspecified atom stereocenters. The second-order valence-corrected chi connectivity index (χ2v) is 35.9. The Kier molecular flexibility index (Phi) is 26.4. The first-order valence-electron chi connectivity index (χ1n) is 19.8. The monoisotopic (exact) mass is 817 g/mol. The normalized spacial score (nSPS) is 12.3. The van der Waals surface area contributed by atoms with E-state index >= 15 is 0 Å². The van der Waals surface area contributed by atoms with Gasteiger partial charge >= 0.3 is 11.9 Å². The van der Waals surface area contributed by atoms with Crippen molar-refractivity contribution < 1.29 is 27.3 Å². The third-order valence-corrected chi connectivity index (χ3v) is 20.7. The van der Waals surface area contributed by atoms with Crippen LogP contribution < -0.4 is 0 Å². The van der Waals surface area contributed by atoms with Crippen LogP contribution in [0, 0.1) is 5.41 Å². The van der Waals surface area contributed by atoms with Crippen LogP contribution in [0.4, 0.5) is 0 Å². The first-order valence-corrected chi connectivity index (χ1v) is 32.9. The lowest BCUT2D eigenvalue weighted by Crippen LogP contribution is -2.42. The van der Waals surface area contributed by atoms with Gasteiger partial charge in [0.05, 0.1) is 18.6 Å². The topological polar surface area (TPSA) is 71.1 Å². The zero-order chi connectivity index (χ0) is 42.2. The molecule has 2 rings (SSSR count). The van der Waals surface area contributed by atoms with E-state index in [0.29, 0.717) is 24.7 Å². The van der Waals surface area contributed by atoms with Gasteiger partial charge < -0.3 is 17.7 Å². The van der Waals surface area contributed by atoms with Gasteiger partial charge in [-0.05, 0) is 141 Å². The van der Waals surface area contributed by atoms with E-state index in [1.807, 2.05) is 57.2 Å². The highest BCUT2D eigenvalue weighted by Gasteiger charge is 2.31. The van der Waals surface area contributed by atoms with Crippen LogP contribution in [0.3, 0.4) is 0 Å². The summed E-state index contributed by atoms with van der Waals surface area (Å²) in [7, 11) is -6.09. The molecule has 2 aromatic rings. The Morgan fingerprint density at radius 3 is 1.46 bits per heavy atom. The molecule has 6 nitrogen and oxygen atoms in total. The van der Waals surface area contributed by atoms with Gasteiger partial charge in [-0.15, -0.1) is 0 Å². The van der Waals surface area contributed by atoms with Crippen molar-refractivity contribution in [2.75, 3.05) is 13.2 Å². The van der Waals surface area contributed by atoms with E-state index < -0.39 is 33.3 Å². The highest BCUT2D eigenvalue weighted by molar-refractivity contribution is 6.84. The van der Waals surface area contributed by atoms with E-state index in [-0.39, 0.29) is 17.4 Å². The predicted octanol–water partition coefficient (Wildman–Crippen LogP) is 13.5. The van der Waals surface area contributed by atoms with Gasteiger partial charge in [-0.25, -0.2) is 4.79 Å². The molecule has 0 amide bonds. The first-order chi connectivity index (χ1) is 24.7. The molecule has 0 aliphatic heterocycles. The standard InChI is InChI=1S/C14H32O3Si2.C12H26O3Si2.C10H14.C8H8/c1-9-14(2,3)13(15)16-11-10-12-19(7,8)17-18(4,5)6;1-11(2)12(13)14-9-8-10-17(6,7)15-16(3,4)5;1-3-9(2)10-7-5-4-6-8-10;1-2-8-6-4-3-5-7-8/h9-12H2,1-8H3;1,8-10H2,2-7H3;4-9H,3H2,1-2H3;2-7H,1H2. The van der Waals surface area contributed by atoms with Gasteiger partial charge in [0.25, 0.3) is 0 Å². The Morgan fingerprint density at radius 2 is 1.13 bits per heavy atom. The van der Waals surface area contributed by atoms with Gasteiger partial charge in [0.2, 0.25) is 0 Å². The molecular formula is C44H80O6Si4. The molecule has 0 fully saturated rings. The minimum atomic E-state index is -1.59. The van der Waals surface area contributed by atoms with Crippen molar-refractivity contribution in [2.24, 2.45) is 5.41 Å². The summed E-state index contributed by atoms with van der Waals surface area (Å²) < 4.78 is 22.9. The van der Waals surface area contributed by atoms with Crippen LogP contribution in [-0.2, 0) is 27.3 Å². The van der Waals surface area contributed by atoms with Gasteiger partial charge in [0.15, 0.2) is 33.3 Å². The highest BCUT2D eigenvalue weighted by atomic mass is 28.4. The number of carbonyl (C=O) groups excluding carboxylic acids is 2. The SMILES string of the molecule is C=C(C)C(=O)OCCC[Si](C)(C)O[Si](C)(C)C.C=Cc1ccccc1.CCC(C)(C)C(=O)OCCC[Si](C)(C)O[Si](C)(C)C.CCC(C)c1ccccc1. The number of ether oxygens (including phenoxy) is 2. The molecule has 10 heteroatoms. The van der Waals surface area contributed by atoms with Crippen LogP contribution in [0.2, 0.25) is 77.6 Å². The van der Waals surface area contributed by atoms with Crippen LogP contribution in [0.5, 0.6) is 0 Å². The highest BCUT2D eigenvalue weighted by Crippen LogP contribution is 2.24. The van der Waals surface area contributed by atoms with Crippen molar-refractivity contribution in [3.63, 3.8) is 0 Å². The van der Waals surface area contributed by atoms with Crippen LogP contribution in [-0.4, -0.2) is 58.4 Å². The number of hydrogen-bond donors (Lipinski definition) is 0. The summed E-state index contributed by atoms with van der Waals surface area (Å²) in [4.78, 5) is 23.0. The second-order valence-electron chi connectivity index (χ2n) is 17.8. The zero-order valence-corrected chi connectivity index (χ0v) is 41.4. The summed E-state index contributed by atoms with van der Waals surface area (Å²) in [5, 5.41) is 0. The van der Waals surface area contributed by atoms with E-state index in [2.05, 4.69) is 123 Å². The average Bonchev–Trinajstić information content (AvgIpc) is 3.07. The summed E-state index contributed by atoms with van der Waals surface area (Å²) >= 11 is 0. The molecule has 2 aromatic carbocycles. The summed E-state index contributed by atoms with van der Waals surface area (Å²) in [5.74, 6) is 0.331. The van der Waals surface area contributed by atoms with Crippen molar-refractivity contribution in [3.05, 3.63) is 90.5 Å². The molecule has 0 aromatic heterocycles. The molecule has 0 saturated carbocycles. The van der Waals surface area contributed by atoms with Gasteiger partial charge in [-0.3, -0.25) is 4.79 Å². The minimum Gasteiger partial charge on any atom is -0.465 e. The summed E-state index contributed by atoms with van der Waals surface area (Å²) in [6.45, 7) is 42.5. The molecule has 54 heavy (non-hydrogen) atoms. The van der Waals surface area contributed by atoms with Crippen LogP contribution in [0.25, 0.3) is 6.08 Å². The number of esters is 2. The van der Waals surface area contributed by atoms with Crippen LogP contribution >= 0.6 is 0 Å². The maximum Gasteiger partial charge on any atom is 0.333 e. The second kappa shape index (κ2) is 26.5. The fraction of sp³-hybridized carbons (Fsp3) is 0.591. The fourth-order valence-electron chi connectivity index (χ4n) is 5.15. The molecule has 0 spiro atoms. The predicted molar refractivity (Wildman–Crippen MR) is 245 cm³/mol. The van der Waals surface area contributed by atoms with E-state index in [1.165, 1.54) is 17.5 Å². The van der Waals surface area contributed by atoms with Crippen molar-refractivity contribution >= 4 is 51.3 Å². The first kappa shape index (κ1) is 53.7. The molecule has 0 bridgehead atoms. The molecular weight excluding hydrogens is 737 g/mol. The zero-order valence-electron chi connectivity index (χ0n) is 37.4. The molecule has 0 saturated heterocycles. The molecule has 1 atom stereocenters. The Morgan fingerprint density at radius 1 is 0.722 bits per heavy atom. The maximum atomic E-state index is 11.8. The third-order valence-electron chi connectivity index (χ3n) is 8.28. The van der Waals surface area contributed by atoms with Crippen LogP contribution in [0.1, 0.15) is 84.3 Å². The Bertz CT molecular complexity index is 1330. The lowest BCUT2D eigenvalue weighted by Gasteiger charge is -2.31. The molecule has 0 N–H and O–H groups in total. The molecule has 0 aliphatic rings. The fourth-order valence-corrected chi connectivity index (χ4v) is 21.2. The molecule has 0 heterocycles. The van der Waals surface area contributed by atoms with E-state index in [4.69, 9.17) is 17.7 Å². The van der Waals surface area contributed by atoms with Crippen molar-refractivity contribution in [2.45, 2.75) is 151 Å². The van der Waals surface area contributed by atoms with E-state index in [1.54, 1.807) is 6.92 Å². The average molecular weight is 817 g/mol. The summed E-state index contributed by atoms with van der Waals surface area (Å²) in [5.41, 5.74) is 2.72. The largest absolute Gasteiger partial charge is 0.465 e. The Labute approximate surface area is 337 Å². The lowest BCUT2D eigenvalue weighted by atomic mass is 9.91. The quantitative estimate of drug-likeness (QED) is 0.0646. The Hall–Kier alpha value is -2.35. The molecule has 0 aliphatic carbocycles. The number of rotatable bonds is 18. The summed E-state index contributed by atoms with van der Waals surface area (Å²) in [6.07, 6.45) is 5.66. The van der Waals surface area contributed by atoms with E-state index in [0.717, 1.165) is 31.4 Å². The number of carbonyl (C=O) groups is 2. The van der Waals surface area contributed by atoms with Crippen molar-refractivity contribution in [1.29, 1.82) is 0 Å². The molecule has 0 radical (unpaired) electrons. The molecule has 308 valence electrons.